The number of hydrogen-bond acceptors (Lipinski definition) is 4. The first kappa shape index (κ1) is 22.5. The fourth-order valence-corrected chi connectivity index (χ4v) is 3.41. The lowest BCUT2D eigenvalue weighted by molar-refractivity contribution is -0.274. The average molecular weight is 451 g/mol. The standard InChI is InChI=1S/C21H20F3N3O3S/c22-21(23,24)30-15-8-6-7-14(13-15)25-18(28)11-2-1-5-12-27-19(29)16-9-3-4-10-17(16)26-20(27)31/h3-4,6-10,13H,1-2,5,11-12H2,(H,25,28)(H,26,31). The molecule has 0 radical (unpaired) electrons. The number of aromatic amines is 1. The van der Waals surface area contributed by atoms with Crippen LogP contribution < -0.4 is 15.6 Å². The van der Waals surface area contributed by atoms with Crippen LogP contribution in [-0.4, -0.2) is 21.8 Å². The largest absolute Gasteiger partial charge is 0.573 e. The van der Waals surface area contributed by atoms with E-state index in [0.29, 0.717) is 41.5 Å². The van der Waals surface area contributed by atoms with E-state index in [1.54, 1.807) is 18.2 Å². The van der Waals surface area contributed by atoms with Gasteiger partial charge in [0.25, 0.3) is 5.56 Å². The second kappa shape index (κ2) is 9.78. The summed E-state index contributed by atoms with van der Waals surface area (Å²) in [6.07, 6.45) is -2.71. The number of amides is 1. The van der Waals surface area contributed by atoms with Gasteiger partial charge < -0.3 is 15.0 Å². The van der Waals surface area contributed by atoms with E-state index in [-0.39, 0.29) is 23.6 Å². The van der Waals surface area contributed by atoms with Gasteiger partial charge in [-0.2, -0.15) is 0 Å². The number of fused-ring (bicyclic) bond motifs is 1. The third-order valence-electron chi connectivity index (χ3n) is 4.53. The van der Waals surface area contributed by atoms with Gasteiger partial charge in [0, 0.05) is 24.7 Å². The van der Waals surface area contributed by atoms with Gasteiger partial charge >= 0.3 is 6.36 Å². The van der Waals surface area contributed by atoms with Crippen molar-refractivity contribution in [2.24, 2.45) is 0 Å². The first-order valence-electron chi connectivity index (χ1n) is 9.60. The van der Waals surface area contributed by atoms with Crippen molar-refractivity contribution in [3.8, 4) is 5.75 Å². The molecule has 0 aliphatic heterocycles. The third kappa shape index (κ3) is 6.42. The molecule has 0 atom stereocenters. The molecule has 0 spiro atoms. The molecule has 1 aromatic heterocycles. The lowest BCUT2D eigenvalue weighted by Gasteiger charge is -2.11. The van der Waals surface area contributed by atoms with E-state index >= 15 is 0 Å². The van der Waals surface area contributed by atoms with E-state index in [0.717, 1.165) is 12.1 Å². The van der Waals surface area contributed by atoms with Crippen molar-refractivity contribution >= 4 is 34.7 Å². The molecule has 0 bridgehead atoms. The molecule has 6 nitrogen and oxygen atoms in total. The summed E-state index contributed by atoms with van der Waals surface area (Å²) >= 11 is 5.27. The number of H-pyrrole nitrogens is 1. The molecule has 1 heterocycles. The number of nitrogens with one attached hydrogen (secondary N) is 2. The maximum absolute atomic E-state index is 12.6. The van der Waals surface area contributed by atoms with E-state index in [2.05, 4.69) is 15.0 Å². The molecule has 0 aliphatic carbocycles. The molecule has 2 aromatic carbocycles. The number of ether oxygens (including phenoxy) is 1. The summed E-state index contributed by atoms with van der Waals surface area (Å²) in [5.74, 6) is -0.716. The molecule has 10 heteroatoms. The lowest BCUT2D eigenvalue weighted by Crippen LogP contribution is -2.22. The van der Waals surface area contributed by atoms with E-state index in [9.17, 15) is 22.8 Å². The zero-order valence-corrected chi connectivity index (χ0v) is 17.2. The number of unbranched alkanes of at least 4 members (excludes halogenated alkanes) is 2. The monoisotopic (exact) mass is 451 g/mol. The molecule has 0 saturated carbocycles. The van der Waals surface area contributed by atoms with Crippen molar-refractivity contribution < 1.29 is 22.7 Å². The second-order valence-electron chi connectivity index (χ2n) is 6.87. The van der Waals surface area contributed by atoms with E-state index in [1.165, 1.54) is 16.7 Å². The minimum Gasteiger partial charge on any atom is -0.406 e. The van der Waals surface area contributed by atoms with Crippen molar-refractivity contribution in [1.29, 1.82) is 0 Å². The number of halogens is 3. The fraction of sp³-hybridized carbons (Fsp3) is 0.286. The highest BCUT2D eigenvalue weighted by Gasteiger charge is 2.31. The number of carbonyl (C=O) groups excluding carboxylic acids is 1. The number of aromatic nitrogens is 2. The molecule has 0 fully saturated rings. The summed E-state index contributed by atoms with van der Waals surface area (Å²) in [5, 5.41) is 3.11. The van der Waals surface area contributed by atoms with Crippen molar-refractivity contribution in [1.82, 2.24) is 9.55 Å². The number of hydrogen-bond donors (Lipinski definition) is 2. The van der Waals surface area contributed by atoms with Crippen molar-refractivity contribution in [3.05, 3.63) is 63.7 Å². The van der Waals surface area contributed by atoms with E-state index in [1.807, 2.05) is 6.07 Å². The van der Waals surface area contributed by atoms with Gasteiger partial charge in [-0.05, 0) is 49.3 Å². The smallest absolute Gasteiger partial charge is 0.406 e. The fourth-order valence-electron chi connectivity index (χ4n) is 3.13. The number of benzene rings is 2. The lowest BCUT2D eigenvalue weighted by atomic mass is 10.2. The van der Waals surface area contributed by atoms with Crippen LogP contribution in [-0.2, 0) is 11.3 Å². The molecule has 3 aromatic rings. The molecule has 2 N–H and O–H groups in total. The van der Waals surface area contributed by atoms with Crippen LogP contribution in [0, 0.1) is 4.77 Å². The van der Waals surface area contributed by atoms with Gasteiger partial charge in [-0.25, -0.2) is 0 Å². The van der Waals surface area contributed by atoms with Gasteiger partial charge in [0.2, 0.25) is 5.91 Å². The van der Waals surface area contributed by atoms with Gasteiger partial charge in [-0.3, -0.25) is 14.2 Å². The van der Waals surface area contributed by atoms with Gasteiger partial charge in [0.1, 0.15) is 5.75 Å². The highest BCUT2D eigenvalue weighted by atomic mass is 32.1. The third-order valence-corrected chi connectivity index (χ3v) is 4.85. The maximum atomic E-state index is 12.6. The highest BCUT2D eigenvalue weighted by molar-refractivity contribution is 7.71. The summed E-state index contributed by atoms with van der Waals surface area (Å²) in [6, 6.07) is 12.2. The number of rotatable bonds is 8. The average Bonchev–Trinajstić information content (AvgIpc) is 2.69. The number of para-hydroxylation sites is 1. The SMILES string of the molecule is O=C(CCCCCn1c(=S)[nH]c2ccccc2c1=O)Nc1cccc(OC(F)(F)F)c1. The zero-order chi connectivity index (χ0) is 22.4. The Kier molecular flexibility index (Phi) is 7.11. The molecule has 3 rings (SSSR count). The summed E-state index contributed by atoms with van der Waals surface area (Å²) < 4.78 is 42.5. The highest BCUT2D eigenvalue weighted by Crippen LogP contribution is 2.25. The Morgan fingerprint density at radius 1 is 1.10 bits per heavy atom. The predicted molar refractivity (Wildman–Crippen MR) is 114 cm³/mol. The first-order valence-corrected chi connectivity index (χ1v) is 10.0. The minimum absolute atomic E-state index is 0.155. The van der Waals surface area contributed by atoms with Crippen LogP contribution in [0.15, 0.2) is 53.3 Å². The Balaban J connectivity index is 1.47. The second-order valence-corrected chi connectivity index (χ2v) is 7.25. The van der Waals surface area contributed by atoms with Gasteiger partial charge in [0.05, 0.1) is 10.9 Å². The summed E-state index contributed by atoms with van der Waals surface area (Å²) in [7, 11) is 0. The van der Waals surface area contributed by atoms with Crippen LogP contribution >= 0.6 is 12.2 Å². The van der Waals surface area contributed by atoms with E-state index in [4.69, 9.17) is 12.2 Å². The van der Waals surface area contributed by atoms with Gasteiger partial charge in [0.15, 0.2) is 4.77 Å². The van der Waals surface area contributed by atoms with Gasteiger partial charge in [-0.15, -0.1) is 13.2 Å². The molecule has 0 unspecified atom stereocenters. The quantitative estimate of drug-likeness (QED) is 0.367. The van der Waals surface area contributed by atoms with Crippen LogP contribution in [0.3, 0.4) is 0 Å². The molecule has 1 amide bonds. The topological polar surface area (TPSA) is 76.1 Å². The Morgan fingerprint density at radius 3 is 2.65 bits per heavy atom. The number of nitrogens with zero attached hydrogens (tertiary/aromatic N) is 1. The van der Waals surface area contributed by atoms with Gasteiger partial charge in [-0.1, -0.05) is 24.6 Å². The van der Waals surface area contributed by atoms with Crippen molar-refractivity contribution in [2.75, 3.05) is 5.32 Å². The normalized spacial score (nSPS) is 11.5. The Morgan fingerprint density at radius 2 is 1.87 bits per heavy atom. The van der Waals surface area contributed by atoms with Crippen molar-refractivity contribution in [2.45, 2.75) is 38.6 Å². The summed E-state index contributed by atoms with van der Waals surface area (Å²) in [6.45, 7) is 0.428. The van der Waals surface area contributed by atoms with Crippen LogP contribution in [0.25, 0.3) is 10.9 Å². The molecular weight excluding hydrogens is 431 g/mol. The Bertz CT molecular complexity index is 1190. The number of alkyl halides is 3. The molecule has 164 valence electrons. The number of anilines is 1. The predicted octanol–water partition coefficient (Wildman–Crippen LogP) is 5.16. The first-order chi connectivity index (χ1) is 14.7. The van der Waals surface area contributed by atoms with Crippen LogP contribution in [0.4, 0.5) is 18.9 Å². The molecule has 31 heavy (non-hydrogen) atoms. The molecule has 0 saturated heterocycles. The Labute approximate surface area is 180 Å². The van der Waals surface area contributed by atoms with Crippen molar-refractivity contribution in [3.63, 3.8) is 0 Å². The molecule has 0 aliphatic rings. The Hall–Kier alpha value is -3.14. The van der Waals surface area contributed by atoms with Crippen LogP contribution in [0.1, 0.15) is 25.7 Å². The van der Waals surface area contributed by atoms with Crippen LogP contribution in [0.5, 0.6) is 5.75 Å². The molecular formula is C21H20F3N3O3S. The van der Waals surface area contributed by atoms with E-state index < -0.39 is 12.1 Å². The zero-order valence-electron chi connectivity index (χ0n) is 16.4. The van der Waals surface area contributed by atoms with Crippen LogP contribution in [0.2, 0.25) is 0 Å². The summed E-state index contributed by atoms with van der Waals surface area (Å²) in [4.78, 5) is 27.7. The number of carbonyl (C=O) groups is 1. The minimum atomic E-state index is -4.79. The summed E-state index contributed by atoms with van der Waals surface area (Å²) in [5.41, 5.74) is 0.758. The maximum Gasteiger partial charge on any atom is 0.573 e.